The van der Waals surface area contributed by atoms with Crippen LogP contribution < -0.4 is 16.6 Å². The van der Waals surface area contributed by atoms with Gasteiger partial charge in [-0.3, -0.25) is 20.6 Å². The van der Waals surface area contributed by atoms with Gasteiger partial charge in [-0.15, -0.1) is 12.4 Å². The van der Waals surface area contributed by atoms with Crippen LogP contribution in [0.15, 0.2) is 4.99 Å². The summed E-state index contributed by atoms with van der Waals surface area (Å²) in [5.74, 6) is 0.909. The molecule has 0 bridgehead atoms. The summed E-state index contributed by atoms with van der Waals surface area (Å²) in [4.78, 5) is 15.5. The molecule has 4 N–H and O–H groups in total. The molecule has 14 heavy (non-hydrogen) atoms. The SMILES string of the molecule is CC(C)C1N=C(CCN)NNC1=O.Cl. The quantitative estimate of drug-likeness (QED) is 0.617. The van der Waals surface area contributed by atoms with Gasteiger partial charge < -0.3 is 5.73 Å². The van der Waals surface area contributed by atoms with Crippen molar-refractivity contribution in [3.05, 3.63) is 0 Å². The van der Waals surface area contributed by atoms with Crippen LogP contribution in [0.25, 0.3) is 0 Å². The molecular weight excluding hydrogens is 204 g/mol. The molecule has 1 aliphatic rings. The van der Waals surface area contributed by atoms with Crippen LogP contribution in [-0.2, 0) is 4.79 Å². The molecule has 1 atom stereocenters. The zero-order chi connectivity index (χ0) is 9.84. The van der Waals surface area contributed by atoms with Crippen LogP contribution in [0, 0.1) is 5.92 Å². The molecule has 6 heteroatoms. The van der Waals surface area contributed by atoms with Gasteiger partial charge in [0, 0.05) is 6.42 Å². The predicted molar refractivity (Wildman–Crippen MR) is 58.3 cm³/mol. The minimum Gasteiger partial charge on any atom is -0.330 e. The molecule has 1 rings (SSSR count). The average molecular weight is 221 g/mol. The van der Waals surface area contributed by atoms with Crippen molar-refractivity contribution in [2.45, 2.75) is 26.3 Å². The van der Waals surface area contributed by atoms with Crippen LogP contribution in [0.3, 0.4) is 0 Å². The molecule has 1 aliphatic heterocycles. The Bertz CT molecular complexity index is 229. The number of hydrogen-bond donors (Lipinski definition) is 3. The summed E-state index contributed by atoms with van der Waals surface area (Å²) in [5.41, 5.74) is 10.7. The van der Waals surface area contributed by atoms with Crippen LogP contribution in [0.5, 0.6) is 0 Å². The molecular formula is C8H17ClN4O. The summed E-state index contributed by atoms with van der Waals surface area (Å²) in [6.07, 6.45) is 0.670. The number of nitrogens with two attached hydrogens (primary N) is 1. The predicted octanol–water partition coefficient (Wildman–Crippen LogP) is -0.185. The van der Waals surface area contributed by atoms with Gasteiger partial charge in [-0.25, -0.2) is 0 Å². The van der Waals surface area contributed by atoms with Gasteiger partial charge in [0.25, 0.3) is 5.91 Å². The monoisotopic (exact) mass is 220 g/mol. The molecule has 0 saturated heterocycles. The van der Waals surface area contributed by atoms with E-state index in [1.165, 1.54) is 0 Å². The van der Waals surface area contributed by atoms with Crippen molar-refractivity contribution in [3.63, 3.8) is 0 Å². The number of hydrazine groups is 1. The van der Waals surface area contributed by atoms with Crippen molar-refractivity contribution in [1.82, 2.24) is 10.9 Å². The Hall–Kier alpha value is -0.810. The highest BCUT2D eigenvalue weighted by Gasteiger charge is 2.25. The number of amides is 1. The van der Waals surface area contributed by atoms with Crippen molar-refractivity contribution in [1.29, 1.82) is 0 Å². The minimum atomic E-state index is -0.275. The van der Waals surface area contributed by atoms with Crippen molar-refractivity contribution in [2.24, 2.45) is 16.6 Å². The first-order chi connectivity index (χ1) is 6.15. The molecule has 1 unspecified atom stereocenters. The molecule has 1 amide bonds. The van der Waals surface area contributed by atoms with Crippen molar-refractivity contribution in [2.75, 3.05) is 6.54 Å². The van der Waals surface area contributed by atoms with Crippen LogP contribution in [-0.4, -0.2) is 24.3 Å². The fourth-order valence-corrected chi connectivity index (χ4v) is 1.18. The second-order valence-corrected chi connectivity index (χ2v) is 3.42. The smallest absolute Gasteiger partial charge is 0.263 e. The van der Waals surface area contributed by atoms with Gasteiger partial charge in [0.05, 0.1) is 0 Å². The lowest BCUT2D eigenvalue weighted by Crippen LogP contribution is -2.52. The average Bonchev–Trinajstić information content (AvgIpc) is 2.08. The van der Waals surface area contributed by atoms with Crippen LogP contribution in [0.1, 0.15) is 20.3 Å². The first kappa shape index (κ1) is 13.2. The van der Waals surface area contributed by atoms with E-state index in [4.69, 9.17) is 5.73 Å². The third-order valence-corrected chi connectivity index (χ3v) is 1.91. The Morgan fingerprint density at radius 3 is 2.64 bits per heavy atom. The standard InChI is InChI=1S/C8H16N4O.ClH/c1-5(2)7-8(13)12-11-6(10-7)3-4-9;/h5,7H,3-4,9H2,1-2H3,(H,10,11)(H,12,13);1H. The molecule has 0 aromatic rings. The third kappa shape index (κ3) is 3.16. The third-order valence-electron chi connectivity index (χ3n) is 1.91. The molecule has 0 aromatic carbocycles. The fourth-order valence-electron chi connectivity index (χ4n) is 1.18. The molecule has 0 saturated carbocycles. The Balaban J connectivity index is 0.00000169. The number of hydrogen-bond acceptors (Lipinski definition) is 4. The summed E-state index contributed by atoms with van der Waals surface area (Å²) in [6, 6.07) is -0.275. The Kier molecular flexibility index (Phi) is 5.49. The van der Waals surface area contributed by atoms with E-state index in [9.17, 15) is 4.79 Å². The van der Waals surface area contributed by atoms with Crippen LogP contribution >= 0.6 is 12.4 Å². The number of halogens is 1. The highest BCUT2D eigenvalue weighted by atomic mass is 35.5. The molecule has 0 spiro atoms. The van der Waals surface area contributed by atoms with Gasteiger partial charge in [-0.05, 0) is 12.5 Å². The van der Waals surface area contributed by atoms with E-state index >= 15 is 0 Å². The Morgan fingerprint density at radius 1 is 1.50 bits per heavy atom. The number of carbonyl (C=O) groups excluding carboxylic acids is 1. The second kappa shape index (κ2) is 5.82. The summed E-state index contributed by atoms with van der Waals surface area (Å²) < 4.78 is 0. The molecule has 1 heterocycles. The molecule has 0 aliphatic carbocycles. The lowest BCUT2D eigenvalue weighted by atomic mass is 10.0. The maximum Gasteiger partial charge on any atom is 0.263 e. The van der Waals surface area contributed by atoms with Gasteiger partial charge in [0.15, 0.2) is 0 Å². The van der Waals surface area contributed by atoms with Gasteiger partial charge >= 0.3 is 0 Å². The van der Waals surface area contributed by atoms with E-state index in [0.717, 1.165) is 5.84 Å². The molecule has 0 fully saturated rings. The summed E-state index contributed by atoms with van der Waals surface area (Å²) >= 11 is 0. The van der Waals surface area contributed by atoms with E-state index in [0.29, 0.717) is 13.0 Å². The molecule has 0 aromatic heterocycles. The Labute approximate surface area is 89.9 Å². The number of rotatable bonds is 3. The first-order valence-electron chi connectivity index (χ1n) is 4.47. The van der Waals surface area contributed by atoms with E-state index in [1.54, 1.807) is 0 Å². The zero-order valence-corrected chi connectivity index (χ0v) is 9.23. The van der Waals surface area contributed by atoms with Crippen molar-refractivity contribution >= 4 is 24.1 Å². The van der Waals surface area contributed by atoms with Crippen LogP contribution in [0.2, 0.25) is 0 Å². The number of nitrogens with zero attached hydrogens (tertiary/aromatic N) is 1. The van der Waals surface area contributed by atoms with Crippen molar-refractivity contribution < 1.29 is 4.79 Å². The second-order valence-electron chi connectivity index (χ2n) is 3.42. The van der Waals surface area contributed by atoms with Gasteiger partial charge in [-0.1, -0.05) is 13.8 Å². The number of nitrogens with one attached hydrogen (secondary N) is 2. The molecule has 5 nitrogen and oxygen atoms in total. The summed E-state index contributed by atoms with van der Waals surface area (Å²) in [5, 5.41) is 0. The lowest BCUT2D eigenvalue weighted by Gasteiger charge is -2.24. The van der Waals surface area contributed by atoms with Crippen molar-refractivity contribution in [3.8, 4) is 0 Å². The molecule has 0 radical (unpaired) electrons. The Morgan fingerprint density at radius 2 is 2.14 bits per heavy atom. The van der Waals surface area contributed by atoms with E-state index in [-0.39, 0.29) is 30.3 Å². The fraction of sp³-hybridized carbons (Fsp3) is 0.750. The highest BCUT2D eigenvalue weighted by Crippen LogP contribution is 2.09. The van der Waals surface area contributed by atoms with Gasteiger partial charge in [0.1, 0.15) is 11.9 Å². The first-order valence-corrected chi connectivity index (χ1v) is 4.47. The normalized spacial score (nSPS) is 20.7. The minimum absolute atomic E-state index is 0. The van der Waals surface area contributed by atoms with Gasteiger partial charge in [-0.2, -0.15) is 0 Å². The lowest BCUT2D eigenvalue weighted by molar-refractivity contribution is -0.124. The number of aliphatic imine (C=N–C) groups is 1. The largest absolute Gasteiger partial charge is 0.330 e. The van der Waals surface area contributed by atoms with E-state index in [2.05, 4.69) is 15.8 Å². The summed E-state index contributed by atoms with van der Waals surface area (Å²) in [7, 11) is 0. The maximum atomic E-state index is 11.3. The van der Waals surface area contributed by atoms with E-state index < -0.39 is 0 Å². The molecule has 82 valence electrons. The van der Waals surface area contributed by atoms with Gasteiger partial charge in [0.2, 0.25) is 0 Å². The highest BCUT2D eigenvalue weighted by molar-refractivity contribution is 5.93. The number of amidine groups is 1. The maximum absolute atomic E-state index is 11.3. The number of carbonyl (C=O) groups is 1. The van der Waals surface area contributed by atoms with E-state index in [1.807, 2.05) is 13.8 Å². The zero-order valence-electron chi connectivity index (χ0n) is 8.41. The summed E-state index contributed by atoms with van der Waals surface area (Å²) in [6.45, 7) is 4.48. The topological polar surface area (TPSA) is 79.5 Å². The van der Waals surface area contributed by atoms with Crippen LogP contribution in [0.4, 0.5) is 0 Å².